The molecule has 0 aliphatic carbocycles. The molecule has 0 bridgehead atoms. The van der Waals surface area contributed by atoms with Crippen LogP contribution in [0.1, 0.15) is 25.0 Å². The van der Waals surface area contributed by atoms with Crippen LogP contribution >= 0.6 is 0 Å². The lowest BCUT2D eigenvalue weighted by Gasteiger charge is -2.25. The molecule has 4 rings (SSSR count). The Hall–Kier alpha value is -1.81. The Balaban J connectivity index is 1.73. The first-order valence-electron chi connectivity index (χ1n) is 7.47. The van der Waals surface area contributed by atoms with Crippen LogP contribution in [-0.4, -0.2) is 31.9 Å². The van der Waals surface area contributed by atoms with Gasteiger partial charge in [-0.2, -0.15) is 0 Å². The molecule has 1 aromatic carbocycles. The van der Waals surface area contributed by atoms with Crippen molar-refractivity contribution in [2.24, 2.45) is 7.05 Å². The van der Waals surface area contributed by atoms with Gasteiger partial charge < -0.3 is 4.57 Å². The average molecular weight is 268 g/mol. The van der Waals surface area contributed by atoms with Crippen LogP contribution < -0.4 is 0 Å². The first-order valence-corrected chi connectivity index (χ1v) is 7.47. The van der Waals surface area contributed by atoms with Crippen molar-refractivity contribution in [3.63, 3.8) is 0 Å². The molecular weight excluding hydrogens is 248 g/mol. The number of imidazole rings is 2. The van der Waals surface area contributed by atoms with Crippen molar-refractivity contribution in [3.05, 3.63) is 36.2 Å². The van der Waals surface area contributed by atoms with Crippen molar-refractivity contribution < 1.29 is 0 Å². The number of hydrogen-bond donors (Lipinski definition) is 0. The standard InChI is InChI=1S/C16H20N4/c1-18-14-7-3-4-8-15(14)20-12-13(17-16(18)20)11-19-9-5-2-6-10-19/h3-4,7-8,12H,2,5-6,9-11H2,1H3. The molecule has 0 atom stereocenters. The first-order chi connectivity index (χ1) is 9.83. The van der Waals surface area contributed by atoms with E-state index in [0.717, 1.165) is 12.3 Å². The van der Waals surface area contributed by atoms with Crippen LogP contribution in [0.2, 0.25) is 0 Å². The minimum Gasteiger partial charge on any atom is -0.313 e. The predicted molar refractivity (Wildman–Crippen MR) is 80.8 cm³/mol. The van der Waals surface area contributed by atoms with Crippen LogP contribution in [0.4, 0.5) is 0 Å². The van der Waals surface area contributed by atoms with E-state index in [1.54, 1.807) is 0 Å². The van der Waals surface area contributed by atoms with E-state index in [9.17, 15) is 0 Å². The van der Waals surface area contributed by atoms with Crippen molar-refractivity contribution >= 4 is 16.8 Å². The second-order valence-electron chi connectivity index (χ2n) is 5.79. The van der Waals surface area contributed by atoms with E-state index in [-0.39, 0.29) is 0 Å². The van der Waals surface area contributed by atoms with Crippen molar-refractivity contribution in [2.45, 2.75) is 25.8 Å². The molecule has 2 aromatic heterocycles. The van der Waals surface area contributed by atoms with Gasteiger partial charge in [0.15, 0.2) is 0 Å². The lowest BCUT2D eigenvalue weighted by atomic mass is 10.1. The molecule has 1 aliphatic rings. The number of likely N-dealkylation sites (tertiary alicyclic amines) is 1. The number of para-hydroxylation sites is 2. The number of fused-ring (bicyclic) bond motifs is 3. The smallest absolute Gasteiger partial charge is 0.214 e. The summed E-state index contributed by atoms with van der Waals surface area (Å²) in [5.74, 6) is 1.04. The molecule has 4 nitrogen and oxygen atoms in total. The van der Waals surface area contributed by atoms with Crippen molar-refractivity contribution in [2.75, 3.05) is 13.1 Å². The van der Waals surface area contributed by atoms with Crippen LogP contribution in [0, 0.1) is 0 Å². The highest BCUT2D eigenvalue weighted by molar-refractivity contribution is 5.80. The Morgan fingerprint density at radius 3 is 2.60 bits per heavy atom. The third-order valence-corrected chi connectivity index (χ3v) is 4.37. The fraction of sp³-hybridized carbons (Fsp3) is 0.438. The maximum Gasteiger partial charge on any atom is 0.214 e. The van der Waals surface area contributed by atoms with Gasteiger partial charge in [0.2, 0.25) is 5.78 Å². The number of piperidine rings is 1. The quantitative estimate of drug-likeness (QED) is 0.714. The number of aromatic nitrogens is 3. The van der Waals surface area contributed by atoms with Gasteiger partial charge in [-0.1, -0.05) is 18.6 Å². The summed E-state index contributed by atoms with van der Waals surface area (Å²) < 4.78 is 4.39. The van der Waals surface area contributed by atoms with Crippen molar-refractivity contribution in [1.82, 2.24) is 18.9 Å². The average Bonchev–Trinajstić information content (AvgIpc) is 3.01. The highest BCUT2D eigenvalue weighted by Gasteiger charge is 2.15. The molecule has 1 fully saturated rings. The predicted octanol–water partition coefficient (Wildman–Crippen LogP) is 2.81. The lowest BCUT2D eigenvalue weighted by Crippen LogP contribution is -2.29. The fourth-order valence-corrected chi connectivity index (χ4v) is 3.31. The summed E-state index contributed by atoms with van der Waals surface area (Å²) in [6.07, 6.45) is 6.24. The minimum absolute atomic E-state index is 0.982. The molecule has 3 heterocycles. The van der Waals surface area contributed by atoms with Gasteiger partial charge in [0.25, 0.3) is 0 Å². The van der Waals surface area contributed by atoms with E-state index in [0.29, 0.717) is 0 Å². The molecule has 0 unspecified atom stereocenters. The van der Waals surface area contributed by atoms with Crippen LogP contribution in [0.5, 0.6) is 0 Å². The largest absolute Gasteiger partial charge is 0.313 e. The van der Waals surface area contributed by atoms with Crippen molar-refractivity contribution in [1.29, 1.82) is 0 Å². The topological polar surface area (TPSA) is 25.5 Å². The van der Waals surface area contributed by atoms with E-state index >= 15 is 0 Å². The Kier molecular flexibility index (Phi) is 2.77. The highest BCUT2D eigenvalue weighted by Crippen LogP contribution is 2.20. The molecule has 1 saturated heterocycles. The van der Waals surface area contributed by atoms with Gasteiger partial charge in [0.05, 0.1) is 16.7 Å². The summed E-state index contributed by atoms with van der Waals surface area (Å²) in [5.41, 5.74) is 3.66. The fourth-order valence-electron chi connectivity index (χ4n) is 3.31. The van der Waals surface area contributed by atoms with E-state index in [2.05, 4.69) is 51.4 Å². The molecule has 4 heteroatoms. The molecule has 104 valence electrons. The second kappa shape index (κ2) is 4.63. The summed E-state index contributed by atoms with van der Waals surface area (Å²) in [7, 11) is 2.09. The maximum absolute atomic E-state index is 4.83. The zero-order chi connectivity index (χ0) is 13.5. The number of nitrogens with zero attached hydrogens (tertiary/aromatic N) is 4. The van der Waals surface area contributed by atoms with Gasteiger partial charge in [-0.3, -0.25) is 9.30 Å². The molecule has 0 spiro atoms. The number of benzene rings is 1. The van der Waals surface area contributed by atoms with Gasteiger partial charge >= 0.3 is 0 Å². The van der Waals surface area contributed by atoms with Gasteiger partial charge in [0.1, 0.15) is 0 Å². The lowest BCUT2D eigenvalue weighted by molar-refractivity contribution is 0.219. The highest BCUT2D eigenvalue weighted by atomic mass is 15.2. The van der Waals surface area contributed by atoms with Gasteiger partial charge in [0, 0.05) is 19.8 Å². The van der Waals surface area contributed by atoms with Crippen LogP contribution in [0.25, 0.3) is 16.8 Å². The first kappa shape index (κ1) is 12.0. The molecule has 20 heavy (non-hydrogen) atoms. The molecule has 1 aliphatic heterocycles. The number of rotatable bonds is 2. The van der Waals surface area contributed by atoms with Crippen LogP contribution in [-0.2, 0) is 13.6 Å². The Morgan fingerprint density at radius 1 is 1.05 bits per heavy atom. The van der Waals surface area contributed by atoms with E-state index in [1.165, 1.54) is 49.1 Å². The van der Waals surface area contributed by atoms with E-state index < -0.39 is 0 Å². The molecular formula is C16H20N4. The van der Waals surface area contributed by atoms with E-state index in [4.69, 9.17) is 4.98 Å². The summed E-state index contributed by atoms with van der Waals surface area (Å²) >= 11 is 0. The number of aryl methyl sites for hydroxylation is 1. The molecule has 3 aromatic rings. The molecule has 0 radical (unpaired) electrons. The third-order valence-electron chi connectivity index (χ3n) is 4.37. The van der Waals surface area contributed by atoms with Gasteiger partial charge in [-0.15, -0.1) is 0 Å². The monoisotopic (exact) mass is 268 g/mol. The Labute approximate surface area is 118 Å². The summed E-state index contributed by atoms with van der Waals surface area (Å²) in [6, 6.07) is 8.48. The maximum atomic E-state index is 4.83. The Morgan fingerprint density at radius 2 is 1.80 bits per heavy atom. The number of hydrogen-bond acceptors (Lipinski definition) is 2. The minimum atomic E-state index is 0.982. The summed E-state index contributed by atoms with van der Waals surface area (Å²) in [6.45, 7) is 3.42. The second-order valence-corrected chi connectivity index (χ2v) is 5.79. The van der Waals surface area contributed by atoms with Crippen LogP contribution in [0.3, 0.4) is 0 Å². The third kappa shape index (κ3) is 1.83. The van der Waals surface area contributed by atoms with Gasteiger partial charge in [-0.25, -0.2) is 4.98 Å². The van der Waals surface area contributed by atoms with Crippen molar-refractivity contribution in [3.8, 4) is 0 Å². The zero-order valence-electron chi connectivity index (χ0n) is 11.9. The Bertz CT molecular complexity index is 746. The summed E-state index contributed by atoms with van der Waals surface area (Å²) in [5, 5.41) is 0. The van der Waals surface area contributed by atoms with E-state index in [1.807, 2.05) is 0 Å². The molecule has 0 amide bonds. The molecule has 0 saturated carbocycles. The summed E-state index contributed by atoms with van der Waals surface area (Å²) in [4.78, 5) is 7.35. The zero-order valence-corrected chi connectivity index (χ0v) is 11.9. The SMILES string of the molecule is Cn1c2ccccc2n2cc(CN3CCCCC3)nc12. The normalized spacial score (nSPS) is 17.2. The molecule has 0 N–H and O–H groups in total. The van der Waals surface area contributed by atoms with Gasteiger partial charge in [-0.05, 0) is 38.1 Å². The van der Waals surface area contributed by atoms with Crippen LogP contribution in [0.15, 0.2) is 30.5 Å².